The fraction of sp³-hybridized carbons (Fsp3) is 0.139. The predicted molar refractivity (Wildman–Crippen MR) is 161 cm³/mol. The van der Waals surface area contributed by atoms with E-state index in [1.165, 1.54) is 38.2 Å². The molecule has 0 saturated heterocycles. The highest BCUT2D eigenvalue weighted by atomic mass is 15.1. The molecule has 2 aliphatic rings. The van der Waals surface area contributed by atoms with Crippen molar-refractivity contribution in [2.45, 2.75) is 25.8 Å². The van der Waals surface area contributed by atoms with Crippen molar-refractivity contribution in [2.75, 3.05) is 0 Å². The number of amidine groups is 1. The van der Waals surface area contributed by atoms with E-state index < -0.39 is 5.54 Å². The van der Waals surface area contributed by atoms with Crippen LogP contribution >= 0.6 is 0 Å². The molecule has 2 nitrogen and oxygen atoms in total. The molecule has 1 aliphatic heterocycles. The Morgan fingerprint density at radius 1 is 0.737 bits per heavy atom. The predicted octanol–water partition coefficient (Wildman–Crippen LogP) is 8.50. The molecule has 0 bridgehead atoms. The zero-order valence-corrected chi connectivity index (χ0v) is 21.8. The maximum Gasteiger partial charge on any atom is 0.134 e. The van der Waals surface area contributed by atoms with Crippen molar-refractivity contribution >= 4 is 39.2 Å². The summed E-state index contributed by atoms with van der Waals surface area (Å²) in [6, 6.07) is 36.8. The molecule has 5 aromatic rings. The molecule has 1 aliphatic carbocycles. The zero-order chi connectivity index (χ0) is 25.7. The summed E-state index contributed by atoms with van der Waals surface area (Å²) in [4.78, 5) is 5.08. The van der Waals surface area contributed by atoms with E-state index >= 15 is 0 Å². The first-order valence-electron chi connectivity index (χ1n) is 13.5. The van der Waals surface area contributed by atoms with Crippen LogP contribution in [0.4, 0.5) is 0 Å². The SMILES string of the molecule is CC1C=Cc2c(c3cc(C4(C)C=C(c5ccccc5)N=C(c5ccccc5)N4)ccc3c3ccccc23)C1. The van der Waals surface area contributed by atoms with Crippen LogP contribution in [-0.2, 0) is 12.0 Å². The van der Waals surface area contributed by atoms with E-state index in [-0.39, 0.29) is 0 Å². The second kappa shape index (κ2) is 8.85. The van der Waals surface area contributed by atoms with E-state index in [1.807, 2.05) is 6.07 Å². The molecule has 38 heavy (non-hydrogen) atoms. The number of aliphatic imine (C=N–C) groups is 1. The molecule has 0 saturated carbocycles. The molecule has 2 heteroatoms. The fourth-order valence-corrected chi connectivity index (χ4v) is 6.05. The maximum absolute atomic E-state index is 5.08. The number of nitrogens with one attached hydrogen (secondary N) is 1. The van der Waals surface area contributed by atoms with Gasteiger partial charge in [0.1, 0.15) is 5.84 Å². The molecular formula is C36H30N2. The molecular weight excluding hydrogens is 460 g/mol. The molecule has 7 rings (SSSR count). The summed E-state index contributed by atoms with van der Waals surface area (Å²) >= 11 is 0. The smallest absolute Gasteiger partial charge is 0.134 e. The minimum atomic E-state index is -0.430. The van der Waals surface area contributed by atoms with Gasteiger partial charge in [-0.25, -0.2) is 4.99 Å². The standard InChI is InChI=1S/C36H30N2/c1-24-17-19-30-28-15-9-10-16-29(28)31-20-18-27(22-33(31)32(30)21-24)36(2)23-34(25-11-5-3-6-12-25)37-35(38-36)26-13-7-4-8-14-26/h3-20,22-24H,21H2,1-2H3,(H,37,38). The van der Waals surface area contributed by atoms with Gasteiger partial charge in [0.25, 0.3) is 0 Å². The molecule has 184 valence electrons. The van der Waals surface area contributed by atoms with E-state index in [1.54, 1.807) is 0 Å². The molecule has 1 heterocycles. The number of hydrogen-bond donors (Lipinski definition) is 1. The Morgan fingerprint density at radius 2 is 1.39 bits per heavy atom. The van der Waals surface area contributed by atoms with Crippen molar-refractivity contribution in [1.29, 1.82) is 0 Å². The highest BCUT2D eigenvalue weighted by molar-refractivity contribution is 6.13. The fourth-order valence-electron chi connectivity index (χ4n) is 6.05. The Bertz CT molecular complexity index is 1780. The van der Waals surface area contributed by atoms with Gasteiger partial charge in [-0.05, 0) is 75.2 Å². The van der Waals surface area contributed by atoms with E-state index in [2.05, 4.69) is 134 Å². The Labute approximate surface area is 224 Å². The average Bonchev–Trinajstić information content (AvgIpc) is 2.97. The lowest BCUT2D eigenvalue weighted by Gasteiger charge is -2.34. The number of hydrogen-bond acceptors (Lipinski definition) is 2. The van der Waals surface area contributed by atoms with Gasteiger partial charge in [0.05, 0.1) is 11.2 Å². The van der Waals surface area contributed by atoms with Crippen molar-refractivity contribution in [3.63, 3.8) is 0 Å². The lowest BCUT2D eigenvalue weighted by atomic mass is 9.81. The second-order valence-electron chi connectivity index (χ2n) is 10.8. The van der Waals surface area contributed by atoms with E-state index in [0.717, 1.165) is 29.1 Å². The molecule has 0 spiro atoms. The second-order valence-corrected chi connectivity index (χ2v) is 10.8. The molecule has 0 radical (unpaired) electrons. The van der Waals surface area contributed by atoms with Gasteiger partial charge >= 0.3 is 0 Å². The topological polar surface area (TPSA) is 24.4 Å². The van der Waals surface area contributed by atoms with Crippen molar-refractivity contribution in [2.24, 2.45) is 10.9 Å². The Morgan fingerprint density at radius 3 is 2.16 bits per heavy atom. The van der Waals surface area contributed by atoms with Crippen LogP contribution in [0.3, 0.4) is 0 Å². The third kappa shape index (κ3) is 3.76. The van der Waals surface area contributed by atoms with Gasteiger partial charge < -0.3 is 5.32 Å². The largest absolute Gasteiger partial charge is 0.357 e. The van der Waals surface area contributed by atoms with Crippen molar-refractivity contribution < 1.29 is 0 Å². The van der Waals surface area contributed by atoms with Gasteiger partial charge in [0.2, 0.25) is 0 Å². The lowest BCUT2D eigenvalue weighted by molar-refractivity contribution is 0.548. The average molecular weight is 491 g/mol. The van der Waals surface area contributed by atoms with Crippen molar-refractivity contribution in [3.05, 3.63) is 143 Å². The number of fused-ring (bicyclic) bond motifs is 6. The van der Waals surface area contributed by atoms with E-state index in [0.29, 0.717) is 5.92 Å². The Kier molecular flexibility index (Phi) is 5.30. The van der Waals surface area contributed by atoms with Crippen LogP contribution in [0.15, 0.2) is 120 Å². The number of nitrogens with zero attached hydrogens (tertiary/aromatic N) is 1. The van der Waals surface area contributed by atoms with Gasteiger partial charge in [-0.1, -0.05) is 116 Å². The third-order valence-electron chi connectivity index (χ3n) is 8.05. The highest BCUT2D eigenvalue weighted by Crippen LogP contribution is 2.40. The van der Waals surface area contributed by atoms with Gasteiger partial charge in [0, 0.05) is 5.56 Å². The molecule has 0 amide bonds. The molecule has 0 fully saturated rings. The number of allylic oxidation sites excluding steroid dienone is 1. The summed E-state index contributed by atoms with van der Waals surface area (Å²) in [6.07, 6.45) is 8.03. The van der Waals surface area contributed by atoms with Gasteiger partial charge in [-0.3, -0.25) is 0 Å². The van der Waals surface area contributed by atoms with Crippen LogP contribution in [-0.4, -0.2) is 5.84 Å². The van der Waals surface area contributed by atoms with E-state index in [9.17, 15) is 0 Å². The third-order valence-corrected chi connectivity index (χ3v) is 8.05. The zero-order valence-electron chi connectivity index (χ0n) is 21.8. The van der Waals surface area contributed by atoms with Gasteiger partial charge in [-0.15, -0.1) is 0 Å². The highest BCUT2D eigenvalue weighted by Gasteiger charge is 2.31. The first kappa shape index (κ1) is 22.7. The van der Waals surface area contributed by atoms with Crippen LogP contribution < -0.4 is 5.32 Å². The van der Waals surface area contributed by atoms with Crippen LogP contribution in [0.25, 0.3) is 33.3 Å². The van der Waals surface area contributed by atoms with Crippen LogP contribution in [0.1, 0.15) is 41.7 Å². The van der Waals surface area contributed by atoms with E-state index in [4.69, 9.17) is 4.99 Å². The summed E-state index contributed by atoms with van der Waals surface area (Å²) in [7, 11) is 0. The van der Waals surface area contributed by atoms with Gasteiger partial charge in [0.15, 0.2) is 0 Å². The summed E-state index contributed by atoms with van der Waals surface area (Å²) < 4.78 is 0. The summed E-state index contributed by atoms with van der Waals surface area (Å²) in [6.45, 7) is 4.58. The molecule has 5 aromatic carbocycles. The van der Waals surface area contributed by atoms with Gasteiger partial charge in [-0.2, -0.15) is 0 Å². The Hall–Kier alpha value is -4.43. The minimum Gasteiger partial charge on any atom is -0.357 e. The van der Waals surface area contributed by atoms with Crippen LogP contribution in [0, 0.1) is 5.92 Å². The molecule has 2 unspecified atom stereocenters. The first-order chi connectivity index (χ1) is 18.6. The molecule has 0 aromatic heterocycles. The molecule has 2 atom stereocenters. The first-order valence-corrected chi connectivity index (χ1v) is 13.5. The normalized spacial score (nSPS) is 20.5. The molecule has 1 N–H and O–H groups in total. The van der Waals surface area contributed by atoms with Crippen molar-refractivity contribution in [1.82, 2.24) is 5.32 Å². The summed E-state index contributed by atoms with van der Waals surface area (Å²) in [5, 5.41) is 9.16. The quantitative estimate of drug-likeness (QED) is 0.252. The lowest BCUT2D eigenvalue weighted by Crippen LogP contribution is -2.44. The number of rotatable bonds is 3. The van der Waals surface area contributed by atoms with Crippen molar-refractivity contribution in [3.8, 4) is 0 Å². The summed E-state index contributed by atoms with van der Waals surface area (Å²) in [5.41, 5.74) is 6.84. The minimum absolute atomic E-state index is 0.430. The monoisotopic (exact) mass is 490 g/mol. The maximum atomic E-state index is 5.08. The summed E-state index contributed by atoms with van der Waals surface area (Å²) in [5.74, 6) is 1.42. The number of benzene rings is 5. The van der Waals surface area contributed by atoms with Crippen LogP contribution in [0.5, 0.6) is 0 Å². The van der Waals surface area contributed by atoms with Crippen LogP contribution in [0.2, 0.25) is 0 Å². The Balaban J connectivity index is 1.45.